The minimum absolute atomic E-state index is 0.190. The minimum Gasteiger partial charge on any atom is -0.480 e. The standard InChI is InChI=1S/C18H33ClO3/c1-2-3-4-10-13-16(20)14-11-8-6-5-7-9-12-15-17(19)18(21)22/h8,11,16-17,20H,2-7,9-10,12-15H2,1H3,(H,21,22)/t16-,17?/m1/s1. The number of carboxylic acids is 1. The van der Waals surface area contributed by atoms with Crippen LogP contribution in [0.15, 0.2) is 12.2 Å². The fraction of sp³-hybridized carbons (Fsp3) is 0.833. The van der Waals surface area contributed by atoms with E-state index >= 15 is 0 Å². The lowest BCUT2D eigenvalue weighted by Crippen LogP contribution is -2.12. The van der Waals surface area contributed by atoms with Gasteiger partial charge in [0.15, 0.2) is 0 Å². The van der Waals surface area contributed by atoms with Crippen molar-refractivity contribution in [1.29, 1.82) is 0 Å². The molecule has 0 aromatic carbocycles. The Labute approximate surface area is 140 Å². The van der Waals surface area contributed by atoms with Crippen molar-refractivity contribution < 1.29 is 15.0 Å². The van der Waals surface area contributed by atoms with Crippen molar-refractivity contribution in [3.8, 4) is 0 Å². The van der Waals surface area contributed by atoms with Crippen molar-refractivity contribution in [3.63, 3.8) is 0 Å². The molecule has 0 saturated heterocycles. The van der Waals surface area contributed by atoms with Crippen LogP contribution in [0.2, 0.25) is 0 Å². The van der Waals surface area contributed by atoms with E-state index in [9.17, 15) is 9.90 Å². The van der Waals surface area contributed by atoms with Gasteiger partial charge in [-0.15, -0.1) is 11.6 Å². The number of rotatable bonds is 15. The maximum absolute atomic E-state index is 10.5. The molecule has 0 amide bonds. The first-order valence-electron chi connectivity index (χ1n) is 8.77. The lowest BCUT2D eigenvalue weighted by molar-refractivity contribution is -0.136. The number of unbranched alkanes of at least 4 members (excludes halogenated alkanes) is 7. The number of hydrogen-bond donors (Lipinski definition) is 2. The van der Waals surface area contributed by atoms with Gasteiger partial charge in [-0.3, -0.25) is 4.79 Å². The molecule has 0 aliphatic heterocycles. The number of carbonyl (C=O) groups is 1. The number of carboxylic acid groups (broad SMARTS) is 1. The van der Waals surface area contributed by atoms with Gasteiger partial charge in [-0.2, -0.15) is 0 Å². The number of allylic oxidation sites excluding steroid dienone is 1. The van der Waals surface area contributed by atoms with Gasteiger partial charge >= 0.3 is 5.97 Å². The predicted molar refractivity (Wildman–Crippen MR) is 93.5 cm³/mol. The summed E-state index contributed by atoms with van der Waals surface area (Å²) in [5, 5.41) is 17.7. The highest BCUT2D eigenvalue weighted by Gasteiger charge is 2.11. The van der Waals surface area contributed by atoms with Crippen LogP contribution in [-0.2, 0) is 4.79 Å². The molecule has 130 valence electrons. The third-order valence-corrected chi connectivity index (χ3v) is 4.22. The number of hydrogen-bond acceptors (Lipinski definition) is 2. The van der Waals surface area contributed by atoms with Gasteiger partial charge in [-0.1, -0.05) is 64.0 Å². The Morgan fingerprint density at radius 2 is 1.64 bits per heavy atom. The topological polar surface area (TPSA) is 57.5 Å². The normalized spacial score (nSPS) is 14.3. The van der Waals surface area contributed by atoms with Crippen molar-refractivity contribution in [1.82, 2.24) is 0 Å². The molecule has 0 rings (SSSR count). The van der Waals surface area contributed by atoms with Crippen LogP contribution >= 0.6 is 11.6 Å². The van der Waals surface area contributed by atoms with Crippen molar-refractivity contribution in [2.24, 2.45) is 0 Å². The van der Waals surface area contributed by atoms with Gasteiger partial charge in [-0.25, -0.2) is 0 Å². The smallest absolute Gasteiger partial charge is 0.321 e. The second-order valence-electron chi connectivity index (χ2n) is 6.01. The summed E-state index contributed by atoms with van der Waals surface area (Å²) in [6.07, 6.45) is 16.3. The number of aliphatic carboxylic acids is 1. The number of alkyl halides is 1. The van der Waals surface area contributed by atoms with E-state index in [1.807, 2.05) is 0 Å². The molecule has 0 aliphatic rings. The first-order chi connectivity index (χ1) is 10.6. The molecule has 22 heavy (non-hydrogen) atoms. The molecule has 3 nitrogen and oxygen atoms in total. The van der Waals surface area contributed by atoms with Crippen LogP contribution in [0.25, 0.3) is 0 Å². The number of halogens is 1. The molecule has 0 saturated carbocycles. The second-order valence-corrected chi connectivity index (χ2v) is 6.53. The molecule has 4 heteroatoms. The second kappa shape index (κ2) is 15.4. The average molecular weight is 333 g/mol. The van der Waals surface area contributed by atoms with Gasteiger partial charge in [0.1, 0.15) is 5.38 Å². The van der Waals surface area contributed by atoms with Gasteiger partial charge in [0.25, 0.3) is 0 Å². The van der Waals surface area contributed by atoms with Crippen LogP contribution in [0.3, 0.4) is 0 Å². The maximum Gasteiger partial charge on any atom is 0.321 e. The summed E-state index contributed by atoms with van der Waals surface area (Å²) in [6, 6.07) is 0. The Morgan fingerprint density at radius 3 is 2.32 bits per heavy atom. The Bertz CT molecular complexity index is 292. The predicted octanol–water partition coefficient (Wildman–Crippen LogP) is 5.30. The molecule has 0 bridgehead atoms. The van der Waals surface area contributed by atoms with Crippen LogP contribution in [0, 0.1) is 0 Å². The van der Waals surface area contributed by atoms with Gasteiger partial charge in [0.05, 0.1) is 6.10 Å². The van der Waals surface area contributed by atoms with Gasteiger partial charge in [0.2, 0.25) is 0 Å². The summed E-state index contributed by atoms with van der Waals surface area (Å²) in [4.78, 5) is 10.5. The molecule has 2 N–H and O–H groups in total. The van der Waals surface area contributed by atoms with E-state index in [4.69, 9.17) is 16.7 Å². The largest absolute Gasteiger partial charge is 0.480 e. The highest BCUT2D eigenvalue weighted by atomic mass is 35.5. The molecule has 0 fully saturated rings. The molecule has 0 heterocycles. The maximum atomic E-state index is 10.5. The SMILES string of the molecule is CCCCCC[C@@H](O)CC=CCCCCCCC(Cl)C(=O)O. The van der Waals surface area contributed by atoms with Crippen molar-refractivity contribution in [3.05, 3.63) is 12.2 Å². The van der Waals surface area contributed by atoms with E-state index in [2.05, 4.69) is 19.1 Å². The zero-order valence-corrected chi connectivity index (χ0v) is 14.7. The summed E-state index contributed by atoms with van der Waals surface area (Å²) >= 11 is 5.65. The Morgan fingerprint density at radius 1 is 1.00 bits per heavy atom. The van der Waals surface area contributed by atoms with Crippen molar-refractivity contribution in [2.45, 2.75) is 95.5 Å². The van der Waals surface area contributed by atoms with Crippen molar-refractivity contribution >= 4 is 17.6 Å². The molecule has 0 radical (unpaired) electrons. The average Bonchev–Trinajstić information content (AvgIpc) is 2.49. The van der Waals surface area contributed by atoms with E-state index < -0.39 is 11.3 Å². The van der Waals surface area contributed by atoms with Crippen LogP contribution in [0.1, 0.15) is 84.0 Å². The summed E-state index contributed by atoms with van der Waals surface area (Å²) in [5.74, 6) is -0.919. The van der Waals surface area contributed by atoms with E-state index in [-0.39, 0.29) is 6.10 Å². The highest BCUT2D eigenvalue weighted by Crippen LogP contribution is 2.12. The summed E-state index contributed by atoms with van der Waals surface area (Å²) in [5.41, 5.74) is 0. The Balaban J connectivity index is 3.34. The lowest BCUT2D eigenvalue weighted by atomic mass is 10.1. The third-order valence-electron chi connectivity index (χ3n) is 3.81. The summed E-state index contributed by atoms with van der Waals surface area (Å²) < 4.78 is 0. The fourth-order valence-electron chi connectivity index (χ4n) is 2.36. The van der Waals surface area contributed by atoms with Crippen LogP contribution in [0.5, 0.6) is 0 Å². The quantitative estimate of drug-likeness (QED) is 0.243. The van der Waals surface area contributed by atoms with E-state index in [0.717, 1.165) is 51.4 Å². The molecule has 2 atom stereocenters. The van der Waals surface area contributed by atoms with Crippen molar-refractivity contribution in [2.75, 3.05) is 0 Å². The minimum atomic E-state index is -0.919. The molecule has 0 aliphatic carbocycles. The summed E-state index contributed by atoms with van der Waals surface area (Å²) in [7, 11) is 0. The summed E-state index contributed by atoms with van der Waals surface area (Å²) in [6.45, 7) is 2.19. The molecular formula is C18H33ClO3. The Hall–Kier alpha value is -0.540. The molecule has 0 aromatic heterocycles. The van der Waals surface area contributed by atoms with Crippen LogP contribution in [-0.4, -0.2) is 27.7 Å². The monoisotopic (exact) mass is 332 g/mol. The highest BCUT2D eigenvalue weighted by molar-refractivity contribution is 6.29. The fourth-order valence-corrected chi connectivity index (χ4v) is 2.51. The molecular weight excluding hydrogens is 300 g/mol. The van der Waals surface area contributed by atoms with Gasteiger partial charge < -0.3 is 10.2 Å². The van der Waals surface area contributed by atoms with Gasteiger partial charge in [-0.05, 0) is 32.1 Å². The Kier molecular flexibility index (Phi) is 15.0. The van der Waals surface area contributed by atoms with E-state index in [1.165, 1.54) is 19.3 Å². The van der Waals surface area contributed by atoms with Crippen LogP contribution in [0.4, 0.5) is 0 Å². The van der Waals surface area contributed by atoms with E-state index in [0.29, 0.717) is 6.42 Å². The molecule has 1 unspecified atom stereocenters. The van der Waals surface area contributed by atoms with Crippen LogP contribution < -0.4 is 0 Å². The first kappa shape index (κ1) is 21.5. The lowest BCUT2D eigenvalue weighted by Gasteiger charge is -2.07. The number of aliphatic hydroxyl groups excluding tert-OH is 1. The molecule has 0 spiro atoms. The first-order valence-corrected chi connectivity index (χ1v) is 9.21. The van der Waals surface area contributed by atoms with Gasteiger partial charge in [0, 0.05) is 0 Å². The molecule has 0 aromatic rings. The third kappa shape index (κ3) is 14.4. The van der Waals surface area contributed by atoms with E-state index in [1.54, 1.807) is 0 Å². The zero-order chi connectivity index (χ0) is 16.6. The number of aliphatic hydroxyl groups is 1. The zero-order valence-electron chi connectivity index (χ0n) is 14.0.